The molecule has 0 spiro atoms. The summed E-state index contributed by atoms with van der Waals surface area (Å²) in [7, 11) is 0. The number of nitrogens with one attached hydrogen (secondary N) is 1. The number of benzene rings is 1. The number of fused-ring (bicyclic) bond motifs is 1. The maximum absolute atomic E-state index is 14.2. The Bertz CT molecular complexity index is 1060. The highest BCUT2D eigenvalue weighted by molar-refractivity contribution is 6.07. The number of aromatic nitrogens is 3. The molecular formula is C21H22FN3O3. The number of aromatic amines is 1. The van der Waals surface area contributed by atoms with E-state index in [1.54, 1.807) is 26.8 Å². The van der Waals surface area contributed by atoms with Crippen molar-refractivity contribution in [2.24, 2.45) is 5.92 Å². The number of hydrogen-bond acceptors (Lipinski definition) is 5. The predicted molar refractivity (Wildman–Crippen MR) is 103 cm³/mol. The van der Waals surface area contributed by atoms with Gasteiger partial charge in [-0.15, -0.1) is 0 Å². The third kappa shape index (κ3) is 3.32. The van der Waals surface area contributed by atoms with E-state index in [1.165, 1.54) is 12.4 Å². The Morgan fingerprint density at radius 1 is 1.29 bits per heavy atom. The third-order valence-corrected chi connectivity index (χ3v) is 4.94. The molecule has 1 N–H and O–H groups in total. The van der Waals surface area contributed by atoms with Crippen molar-refractivity contribution < 1.29 is 18.7 Å². The second-order valence-corrected chi connectivity index (χ2v) is 7.14. The molecule has 1 aromatic carbocycles. The van der Waals surface area contributed by atoms with Gasteiger partial charge in [-0.25, -0.2) is 19.2 Å². The fraction of sp³-hybridized carbons (Fsp3) is 0.381. The molecule has 0 bridgehead atoms. The van der Waals surface area contributed by atoms with E-state index in [9.17, 15) is 9.18 Å². The minimum atomic E-state index is -0.434. The van der Waals surface area contributed by atoms with Crippen molar-refractivity contribution in [3.05, 3.63) is 41.1 Å². The number of esters is 1. The zero-order chi connectivity index (χ0) is 19.8. The van der Waals surface area contributed by atoms with Gasteiger partial charge in [0.1, 0.15) is 34.7 Å². The summed E-state index contributed by atoms with van der Waals surface area (Å²) in [6.07, 6.45) is 3.68. The topological polar surface area (TPSA) is 77.1 Å². The van der Waals surface area contributed by atoms with E-state index in [0.717, 1.165) is 12.8 Å². The number of nitrogens with zero attached hydrogens (tertiary/aromatic N) is 2. The van der Waals surface area contributed by atoms with Gasteiger partial charge in [0.2, 0.25) is 0 Å². The molecule has 28 heavy (non-hydrogen) atoms. The van der Waals surface area contributed by atoms with E-state index >= 15 is 0 Å². The van der Waals surface area contributed by atoms with E-state index in [-0.39, 0.29) is 12.4 Å². The first-order chi connectivity index (χ1) is 13.5. The van der Waals surface area contributed by atoms with Crippen LogP contribution in [0.2, 0.25) is 0 Å². The van der Waals surface area contributed by atoms with Crippen LogP contribution in [0.4, 0.5) is 4.39 Å². The van der Waals surface area contributed by atoms with Gasteiger partial charge in [0.05, 0.1) is 18.7 Å². The van der Waals surface area contributed by atoms with Crippen molar-refractivity contribution in [3.8, 4) is 17.0 Å². The van der Waals surface area contributed by atoms with Gasteiger partial charge in [-0.1, -0.05) is 0 Å². The van der Waals surface area contributed by atoms with Gasteiger partial charge in [-0.3, -0.25) is 0 Å². The molecule has 4 rings (SSSR count). The number of aryl methyl sites for hydroxylation is 2. The third-order valence-electron chi connectivity index (χ3n) is 4.94. The summed E-state index contributed by atoms with van der Waals surface area (Å²) in [5, 5.41) is 0. The molecule has 2 aromatic heterocycles. The number of hydrogen-bond donors (Lipinski definition) is 1. The van der Waals surface area contributed by atoms with Gasteiger partial charge in [0.15, 0.2) is 0 Å². The molecule has 3 aromatic rings. The van der Waals surface area contributed by atoms with Crippen LogP contribution in [0.5, 0.6) is 5.75 Å². The van der Waals surface area contributed by atoms with Crippen LogP contribution in [0.3, 0.4) is 0 Å². The van der Waals surface area contributed by atoms with Gasteiger partial charge >= 0.3 is 5.97 Å². The highest BCUT2D eigenvalue weighted by atomic mass is 19.1. The van der Waals surface area contributed by atoms with Crippen LogP contribution in [0.25, 0.3) is 22.3 Å². The number of H-pyrrole nitrogens is 1. The maximum Gasteiger partial charge on any atom is 0.342 e. The number of rotatable bonds is 6. The molecule has 146 valence electrons. The molecule has 0 aliphatic heterocycles. The maximum atomic E-state index is 14.2. The van der Waals surface area contributed by atoms with Gasteiger partial charge in [0.25, 0.3) is 0 Å². The van der Waals surface area contributed by atoms with E-state index in [4.69, 9.17) is 9.47 Å². The Kier molecular flexibility index (Phi) is 4.75. The van der Waals surface area contributed by atoms with Crippen LogP contribution in [0.1, 0.15) is 41.4 Å². The Morgan fingerprint density at radius 2 is 2.07 bits per heavy atom. The zero-order valence-corrected chi connectivity index (χ0v) is 16.1. The molecule has 1 aliphatic rings. The second kappa shape index (κ2) is 7.22. The van der Waals surface area contributed by atoms with E-state index in [1.807, 2.05) is 0 Å². The molecule has 1 aliphatic carbocycles. The number of halogens is 1. The minimum Gasteiger partial charge on any atom is -0.492 e. The summed E-state index contributed by atoms with van der Waals surface area (Å²) in [4.78, 5) is 24.3. The average Bonchev–Trinajstić information content (AvgIpc) is 3.42. The van der Waals surface area contributed by atoms with Crippen molar-refractivity contribution in [2.75, 3.05) is 13.2 Å². The van der Waals surface area contributed by atoms with Crippen molar-refractivity contribution in [3.63, 3.8) is 0 Å². The average molecular weight is 383 g/mol. The molecule has 0 radical (unpaired) electrons. The van der Waals surface area contributed by atoms with E-state index in [0.29, 0.717) is 57.4 Å². The fourth-order valence-electron chi connectivity index (χ4n) is 3.24. The van der Waals surface area contributed by atoms with Crippen molar-refractivity contribution in [2.45, 2.75) is 33.6 Å². The standard InChI is InChI=1S/C21H22FN3O3/c1-4-27-21(26)17-12(3)25-20-18(23-10-24-19(17)20)14-7-11(2)15(22)8-16(14)28-9-13-5-6-13/h7-8,10,13,25H,4-6,9H2,1-3H3. The van der Waals surface area contributed by atoms with Crippen LogP contribution < -0.4 is 4.74 Å². The van der Waals surface area contributed by atoms with E-state index < -0.39 is 5.97 Å². The van der Waals surface area contributed by atoms with E-state index in [2.05, 4.69) is 15.0 Å². The van der Waals surface area contributed by atoms with Crippen molar-refractivity contribution in [1.29, 1.82) is 0 Å². The van der Waals surface area contributed by atoms with Gasteiger partial charge in [-0.2, -0.15) is 0 Å². The highest BCUT2D eigenvalue weighted by Crippen LogP contribution is 2.37. The molecule has 0 atom stereocenters. The monoisotopic (exact) mass is 383 g/mol. The lowest BCUT2D eigenvalue weighted by molar-refractivity contribution is 0.0527. The largest absolute Gasteiger partial charge is 0.492 e. The first-order valence-corrected chi connectivity index (χ1v) is 9.43. The minimum absolute atomic E-state index is 0.277. The summed E-state index contributed by atoms with van der Waals surface area (Å²) in [5.41, 5.74) is 3.85. The van der Waals surface area contributed by atoms with Gasteiger partial charge < -0.3 is 14.5 Å². The molecule has 6 nitrogen and oxygen atoms in total. The summed E-state index contributed by atoms with van der Waals surface area (Å²) in [6, 6.07) is 3.13. The quantitative estimate of drug-likeness (QED) is 0.641. The Balaban J connectivity index is 1.86. The van der Waals surface area contributed by atoms with Crippen LogP contribution in [-0.4, -0.2) is 34.1 Å². The number of carbonyl (C=O) groups excluding carboxylic acids is 1. The first-order valence-electron chi connectivity index (χ1n) is 9.43. The van der Waals surface area contributed by atoms with Crippen LogP contribution in [0, 0.1) is 25.6 Å². The molecule has 0 unspecified atom stereocenters. The fourth-order valence-corrected chi connectivity index (χ4v) is 3.24. The lowest BCUT2D eigenvalue weighted by atomic mass is 10.0. The Hall–Kier alpha value is -2.96. The van der Waals surface area contributed by atoms with Gasteiger partial charge in [0, 0.05) is 17.3 Å². The number of ether oxygens (including phenoxy) is 2. The zero-order valence-electron chi connectivity index (χ0n) is 16.1. The molecule has 2 heterocycles. The SMILES string of the molecule is CCOC(=O)c1c(C)[nH]c2c(-c3cc(C)c(F)cc3OCC3CC3)ncnc12. The molecular weight excluding hydrogens is 361 g/mol. The number of carbonyl (C=O) groups is 1. The molecule has 1 saturated carbocycles. The second-order valence-electron chi connectivity index (χ2n) is 7.14. The summed E-state index contributed by atoms with van der Waals surface area (Å²) in [6.45, 7) is 6.08. The highest BCUT2D eigenvalue weighted by Gasteiger charge is 2.25. The molecule has 7 heteroatoms. The predicted octanol–water partition coefficient (Wildman–Crippen LogP) is 4.35. The van der Waals surface area contributed by atoms with Crippen LogP contribution in [0.15, 0.2) is 18.5 Å². The lowest BCUT2D eigenvalue weighted by Gasteiger charge is -2.13. The molecule has 1 fully saturated rings. The molecule has 0 amide bonds. The Morgan fingerprint density at radius 3 is 2.79 bits per heavy atom. The van der Waals surface area contributed by atoms with Crippen molar-refractivity contribution >= 4 is 17.0 Å². The Labute approximate surface area is 162 Å². The first kappa shape index (κ1) is 18.4. The van der Waals surface area contributed by atoms with Crippen LogP contribution in [-0.2, 0) is 4.74 Å². The van der Waals surface area contributed by atoms with Crippen molar-refractivity contribution in [1.82, 2.24) is 15.0 Å². The molecule has 0 saturated heterocycles. The van der Waals surface area contributed by atoms with Gasteiger partial charge in [-0.05, 0) is 51.2 Å². The summed E-state index contributed by atoms with van der Waals surface area (Å²) < 4.78 is 25.3. The summed E-state index contributed by atoms with van der Waals surface area (Å²) >= 11 is 0. The summed E-state index contributed by atoms with van der Waals surface area (Å²) in [5.74, 6) is 0.219. The lowest BCUT2D eigenvalue weighted by Crippen LogP contribution is -2.06. The normalized spacial score (nSPS) is 13.7. The van der Waals surface area contributed by atoms with Crippen LogP contribution >= 0.6 is 0 Å². The smallest absolute Gasteiger partial charge is 0.342 e.